The fraction of sp³-hybridized carbons (Fsp3) is 0.240. The molecule has 3 aromatic heterocycles. The van der Waals surface area contributed by atoms with Crippen LogP contribution in [0.2, 0.25) is 0 Å². The van der Waals surface area contributed by atoms with Crippen LogP contribution in [0.25, 0.3) is 10.9 Å². The second kappa shape index (κ2) is 8.42. The number of rotatable bonds is 5. The van der Waals surface area contributed by atoms with Crippen molar-refractivity contribution in [3.63, 3.8) is 0 Å². The van der Waals surface area contributed by atoms with Gasteiger partial charge in [0.25, 0.3) is 5.91 Å². The van der Waals surface area contributed by atoms with Crippen LogP contribution in [0.1, 0.15) is 34.7 Å². The number of fused-ring (bicyclic) bond motifs is 1. The highest BCUT2D eigenvalue weighted by Crippen LogP contribution is 2.24. The van der Waals surface area contributed by atoms with Gasteiger partial charge < -0.3 is 14.8 Å². The van der Waals surface area contributed by atoms with Crippen molar-refractivity contribution in [1.29, 1.82) is 0 Å². The van der Waals surface area contributed by atoms with Crippen molar-refractivity contribution < 1.29 is 9.18 Å². The molecule has 6 nitrogen and oxygen atoms in total. The molecule has 1 aliphatic heterocycles. The smallest absolute Gasteiger partial charge is 0.272 e. The van der Waals surface area contributed by atoms with Crippen molar-refractivity contribution >= 4 is 28.3 Å². The zero-order valence-electron chi connectivity index (χ0n) is 17.9. The van der Waals surface area contributed by atoms with Crippen molar-refractivity contribution in [2.45, 2.75) is 26.3 Å². The molecule has 1 aliphatic rings. The van der Waals surface area contributed by atoms with Gasteiger partial charge in [-0.25, -0.2) is 9.37 Å². The van der Waals surface area contributed by atoms with Crippen LogP contribution in [-0.2, 0) is 6.54 Å². The molecule has 1 aromatic carbocycles. The lowest BCUT2D eigenvalue weighted by atomic mass is 10.2. The maximum absolute atomic E-state index is 13.8. The molecule has 0 unspecified atom stereocenters. The maximum atomic E-state index is 13.8. The van der Waals surface area contributed by atoms with Gasteiger partial charge in [0, 0.05) is 29.7 Å². The number of carbonyl (C=O) groups excluding carboxylic acids is 1. The summed E-state index contributed by atoms with van der Waals surface area (Å²) < 4.78 is 15.7. The van der Waals surface area contributed by atoms with E-state index < -0.39 is 0 Å². The maximum Gasteiger partial charge on any atom is 0.272 e. The monoisotopic (exact) mass is 429 g/mol. The van der Waals surface area contributed by atoms with Crippen molar-refractivity contribution in [2.75, 3.05) is 23.3 Å². The fourth-order valence-electron chi connectivity index (χ4n) is 4.24. The third-order valence-corrected chi connectivity index (χ3v) is 5.80. The van der Waals surface area contributed by atoms with Crippen LogP contribution in [0.3, 0.4) is 0 Å². The molecular formula is C25H24FN5O. The highest BCUT2D eigenvalue weighted by Gasteiger charge is 2.18. The molecule has 0 bridgehead atoms. The van der Waals surface area contributed by atoms with Gasteiger partial charge in [-0.15, -0.1) is 0 Å². The predicted octanol–water partition coefficient (Wildman–Crippen LogP) is 4.78. The molecule has 0 atom stereocenters. The van der Waals surface area contributed by atoms with E-state index in [1.807, 2.05) is 41.8 Å². The SMILES string of the molecule is Cc1cccc(Cn2c(C(=O)Nc3ccc(N4CCCC4)nc3)cc3cc(F)ccc32)n1. The van der Waals surface area contributed by atoms with Crippen molar-refractivity contribution in [3.8, 4) is 0 Å². The number of nitrogens with zero attached hydrogens (tertiary/aromatic N) is 4. The molecule has 7 heteroatoms. The van der Waals surface area contributed by atoms with E-state index in [2.05, 4.69) is 20.2 Å². The normalized spacial score (nSPS) is 13.6. The molecule has 4 aromatic rings. The van der Waals surface area contributed by atoms with Gasteiger partial charge in [0.1, 0.15) is 17.3 Å². The van der Waals surface area contributed by atoms with E-state index in [0.717, 1.165) is 35.8 Å². The predicted molar refractivity (Wildman–Crippen MR) is 124 cm³/mol. The standard InChI is InChI=1S/C25H24FN5O/c1-17-5-4-6-21(28-17)16-31-22-9-7-19(26)13-18(22)14-23(31)25(32)29-20-8-10-24(27-15-20)30-11-2-3-12-30/h4-10,13-15H,2-3,11-12,16H2,1H3,(H,29,32). The number of anilines is 2. The number of benzene rings is 1. The summed E-state index contributed by atoms with van der Waals surface area (Å²) in [7, 11) is 0. The second-order valence-electron chi connectivity index (χ2n) is 8.14. The van der Waals surface area contributed by atoms with Crippen LogP contribution in [0.15, 0.2) is 60.8 Å². The molecule has 1 amide bonds. The summed E-state index contributed by atoms with van der Waals surface area (Å²) in [6.45, 7) is 4.37. The van der Waals surface area contributed by atoms with Gasteiger partial charge in [0.15, 0.2) is 0 Å². The lowest BCUT2D eigenvalue weighted by molar-refractivity contribution is 0.101. The van der Waals surface area contributed by atoms with E-state index in [4.69, 9.17) is 0 Å². The Morgan fingerprint density at radius 1 is 1.09 bits per heavy atom. The first-order chi connectivity index (χ1) is 15.6. The Morgan fingerprint density at radius 3 is 2.69 bits per heavy atom. The highest BCUT2D eigenvalue weighted by molar-refractivity contribution is 6.06. The number of halogens is 1. The van der Waals surface area contributed by atoms with Crippen LogP contribution in [0.5, 0.6) is 0 Å². The van der Waals surface area contributed by atoms with Gasteiger partial charge in [-0.2, -0.15) is 0 Å². The molecule has 1 fully saturated rings. The zero-order valence-corrected chi connectivity index (χ0v) is 17.9. The largest absolute Gasteiger partial charge is 0.357 e. The molecule has 0 radical (unpaired) electrons. The lowest BCUT2D eigenvalue weighted by Gasteiger charge is -2.16. The molecule has 4 heterocycles. The third-order valence-electron chi connectivity index (χ3n) is 5.80. The molecule has 0 saturated carbocycles. The van der Waals surface area contributed by atoms with E-state index in [1.165, 1.54) is 25.0 Å². The number of pyridine rings is 2. The Balaban J connectivity index is 1.45. The summed E-state index contributed by atoms with van der Waals surface area (Å²) in [5.41, 5.74) is 3.58. The molecule has 1 saturated heterocycles. The van der Waals surface area contributed by atoms with E-state index in [-0.39, 0.29) is 11.7 Å². The highest BCUT2D eigenvalue weighted by atomic mass is 19.1. The Hall–Kier alpha value is -3.74. The molecule has 162 valence electrons. The second-order valence-corrected chi connectivity index (χ2v) is 8.14. The third kappa shape index (κ3) is 4.06. The van der Waals surface area contributed by atoms with Crippen molar-refractivity contribution in [1.82, 2.24) is 14.5 Å². The Kier molecular flexibility index (Phi) is 5.31. The summed E-state index contributed by atoms with van der Waals surface area (Å²) in [6.07, 6.45) is 4.04. The van der Waals surface area contributed by atoms with Crippen LogP contribution in [-0.4, -0.2) is 33.5 Å². The van der Waals surface area contributed by atoms with E-state index in [9.17, 15) is 9.18 Å². The Bertz CT molecular complexity index is 1280. The topological polar surface area (TPSA) is 63.1 Å². The first-order valence-electron chi connectivity index (χ1n) is 10.8. The summed E-state index contributed by atoms with van der Waals surface area (Å²) in [4.78, 5) is 24.5. The van der Waals surface area contributed by atoms with Gasteiger partial charge in [-0.05, 0) is 68.3 Å². The number of nitrogens with one attached hydrogen (secondary N) is 1. The number of aryl methyl sites for hydroxylation is 1. The average Bonchev–Trinajstić information content (AvgIpc) is 3.43. The minimum Gasteiger partial charge on any atom is -0.357 e. The zero-order chi connectivity index (χ0) is 22.1. The van der Waals surface area contributed by atoms with Gasteiger partial charge >= 0.3 is 0 Å². The minimum absolute atomic E-state index is 0.273. The van der Waals surface area contributed by atoms with Gasteiger partial charge in [0.2, 0.25) is 0 Å². The number of hydrogen-bond donors (Lipinski definition) is 1. The number of hydrogen-bond acceptors (Lipinski definition) is 4. The molecular weight excluding hydrogens is 405 g/mol. The summed E-state index contributed by atoms with van der Waals surface area (Å²) in [5.74, 6) is 0.317. The first-order valence-corrected chi connectivity index (χ1v) is 10.8. The number of aromatic nitrogens is 3. The fourth-order valence-corrected chi connectivity index (χ4v) is 4.24. The van der Waals surface area contributed by atoms with E-state index in [0.29, 0.717) is 23.3 Å². The van der Waals surface area contributed by atoms with E-state index in [1.54, 1.807) is 18.3 Å². The molecule has 1 N–H and O–H groups in total. The number of carbonyl (C=O) groups is 1. The van der Waals surface area contributed by atoms with Crippen LogP contribution >= 0.6 is 0 Å². The van der Waals surface area contributed by atoms with Gasteiger partial charge in [0.05, 0.1) is 24.1 Å². The molecule has 5 rings (SSSR count). The minimum atomic E-state index is -0.336. The van der Waals surface area contributed by atoms with E-state index >= 15 is 0 Å². The molecule has 0 aliphatic carbocycles. The van der Waals surface area contributed by atoms with Crippen molar-refractivity contribution in [3.05, 3.63) is 83.7 Å². The summed E-state index contributed by atoms with van der Waals surface area (Å²) in [6, 6.07) is 15.9. The van der Waals surface area contributed by atoms with Gasteiger partial charge in [-0.3, -0.25) is 9.78 Å². The Labute approximate surface area is 185 Å². The lowest BCUT2D eigenvalue weighted by Crippen LogP contribution is -2.20. The summed E-state index contributed by atoms with van der Waals surface area (Å²) >= 11 is 0. The number of amides is 1. The summed E-state index contributed by atoms with van der Waals surface area (Å²) in [5, 5.41) is 3.61. The van der Waals surface area contributed by atoms with Crippen LogP contribution in [0.4, 0.5) is 15.9 Å². The molecule has 32 heavy (non-hydrogen) atoms. The van der Waals surface area contributed by atoms with Crippen LogP contribution in [0, 0.1) is 12.7 Å². The van der Waals surface area contributed by atoms with Crippen LogP contribution < -0.4 is 10.2 Å². The first kappa shape index (κ1) is 20.2. The van der Waals surface area contributed by atoms with Gasteiger partial charge in [-0.1, -0.05) is 6.07 Å². The molecule has 0 spiro atoms. The quantitative estimate of drug-likeness (QED) is 0.496. The Morgan fingerprint density at radius 2 is 1.94 bits per heavy atom. The average molecular weight is 429 g/mol. The van der Waals surface area contributed by atoms with Crippen molar-refractivity contribution in [2.24, 2.45) is 0 Å².